The van der Waals surface area contributed by atoms with Gasteiger partial charge in [0.1, 0.15) is 11.4 Å². The van der Waals surface area contributed by atoms with Crippen LogP contribution in [0, 0.1) is 5.82 Å². The van der Waals surface area contributed by atoms with Crippen molar-refractivity contribution in [2.24, 2.45) is 0 Å². The third-order valence-corrected chi connectivity index (χ3v) is 3.45. The van der Waals surface area contributed by atoms with E-state index >= 15 is 0 Å². The first kappa shape index (κ1) is 11.5. The Morgan fingerprint density at radius 2 is 2.19 bits per heavy atom. The second-order valence-corrected chi connectivity index (χ2v) is 4.79. The van der Waals surface area contributed by atoms with Gasteiger partial charge in [0.15, 0.2) is 0 Å². The van der Waals surface area contributed by atoms with Gasteiger partial charge in [0.05, 0.1) is 4.47 Å². The van der Waals surface area contributed by atoms with Gasteiger partial charge in [0.25, 0.3) is 0 Å². The predicted molar refractivity (Wildman–Crippen MR) is 62.5 cm³/mol. The summed E-state index contributed by atoms with van der Waals surface area (Å²) in [6.45, 7) is 3.12. The molecule has 1 saturated heterocycles. The van der Waals surface area contributed by atoms with Crippen molar-refractivity contribution in [1.29, 1.82) is 0 Å². The van der Waals surface area contributed by atoms with Gasteiger partial charge in [-0.3, -0.25) is 10.1 Å². The van der Waals surface area contributed by atoms with Gasteiger partial charge in [0, 0.05) is 13.1 Å². The number of benzene rings is 1. The van der Waals surface area contributed by atoms with E-state index in [4.69, 9.17) is 0 Å². The van der Waals surface area contributed by atoms with Gasteiger partial charge < -0.3 is 5.32 Å². The van der Waals surface area contributed by atoms with Gasteiger partial charge in [0.2, 0.25) is 5.91 Å². The number of hydrogen-bond donors (Lipinski definition) is 2. The maximum Gasteiger partial charge on any atom is 0.244 e. The molecular weight excluding hydrogens is 275 g/mol. The fourth-order valence-electron chi connectivity index (χ4n) is 1.79. The smallest absolute Gasteiger partial charge is 0.244 e. The molecule has 1 aromatic rings. The molecule has 1 fully saturated rings. The van der Waals surface area contributed by atoms with Gasteiger partial charge in [-0.2, -0.15) is 0 Å². The molecule has 0 aromatic heterocycles. The van der Waals surface area contributed by atoms with Gasteiger partial charge in [-0.05, 0) is 40.5 Å². The summed E-state index contributed by atoms with van der Waals surface area (Å²) < 4.78 is 13.5. The van der Waals surface area contributed by atoms with E-state index in [0.717, 1.165) is 5.56 Å². The Morgan fingerprint density at radius 3 is 2.81 bits per heavy atom. The first-order valence-corrected chi connectivity index (χ1v) is 5.82. The lowest BCUT2D eigenvalue weighted by molar-refractivity contribution is -0.128. The van der Waals surface area contributed by atoms with Crippen LogP contribution in [-0.4, -0.2) is 19.0 Å². The van der Waals surface area contributed by atoms with Crippen molar-refractivity contribution < 1.29 is 9.18 Å². The standard InChI is InChI=1S/C11H12BrFN2O/c1-11(10(16)14-4-5-15-11)7-2-3-9(13)8(12)6-7/h2-3,6,15H,4-5H2,1H3,(H,14,16). The summed E-state index contributed by atoms with van der Waals surface area (Å²) in [5.41, 5.74) is -0.0351. The zero-order valence-electron chi connectivity index (χ0n) is 8.81. The lowest BCUT2D eigenvalue weighted by Gasteiger charge is -2.34. The SMILES string of the molecule is CC1(c2ccc(F)c(Br)c2)NCCNC1=O. The molecule has 3 nitrogen and oxygen atoms in total. The highest BCUT2D eigenvalue weighted by Gasteiger charge is 2.37. The second-order valence-electron chi connectivity index (χ2n) is 3.94. The minimum absolute atomic E-state index is 0.0859. The van der Waals surface area contributed by atoms with Gasteiger partial charge in [-0.15, -0.1) is 0 Å². The third-order valence-electron chi connectivity index (χ3n) is 2.84. The number of hydrogen-bond acceptors (Lipinski definition) is 2. The molecule has 1 amide bonds. The number of carbonyl (C=O) groups is 1. The summed E-state index contributed by atoms with van der Waals surface area (Å²) in [7, 11) is 0. The molecule has 0 spiro atoms. The van der Waals surface area contributed by atoms with Crippen LogP contribution in [0.5, 0.6) is 0 Å². The highest BCUT2D eigenvalue weighted by Crippen LogP contribution is 2.26. The Bertz CT molecular complexity index is 438. The maximum absolute atomic E-state index is 13.1. The van der Waals surface area contributed by atoms with Crippen LogP contribution in [0.3, 0.4) is 0 Å². The fourth-order valence-corrected chi connectivity index (χ4v) is 2.16. The lowest BCUT2D eigenvalue weighted by atomic mass is 9.89. The molecule has 86 valence electrons. The molecule has 0 saturated carbocycles. The first-order chi connectivity index (χ1) is 7.54. The van der Waals surface area contributed by atoms with E-state index < -0.39 is 5.54 Å². The molecule has 1 atom stereocenters. The minimum Gasteiger partial charge on any atom is -0.353 e. The number of rotatable bonds is 1. The second kappa shape index (κ2) is 4.14. The van der Waals surface area contributed by atoms with Gasteiger partial charge in [-0.25, -0.2) is 4.39 Å². The molecule has 1 aliphatic heterocycles. The highest BCUT2D eigenvalue weighted by atomic mass is 79.9. The Morgan fingerprint density at radius 1 is 1.44 bits per heavy atom. The van der Waals surface area contributed by atoms with Crippen LogP contribution in [0.2, 0.25) is 0 Å². The largest absolute Gasteiger partial charge is 0.353 e. The van der Waals surface area contributed by atoms with Crippen molar-refractivity contribution in [1.82, 2.24) is 10.6 Å². The number of amides is 1. The van der Waals surface area contributed by atoms with E-state index in [1.165, 1.54) is 6.07 Å². The summed E-state index contributed by atoms with van der Waals surface area (Å²) in [5, 5.41) is 5.95. The molecule has 1 aliphatic rings. The van der Waals surface area contributed by atoms with Crippen molar-refractivity contribution in [3.8, 4) is 0 Å². The molecule has 0 bridgehead atoms. The van der Waals surface area contributed by atoms with E-state index in [9.17, 15) is 9.18 Å². The molecule has 16 heavy (non-hydrogen) atoms. The minimum atomic E-state index is -0.783. The summed E-state index contributed by atoms with van der Waals surface area (Å²) in [6.07, 6.45) is 0. The van der Waals surface area contributed by atoms with Crippen molar-refractivity contribution in [2.75, 3.05) is 13.1 Å². The third kappa shape index (κ3) is 1.85. The maximum atomic E-state index is 13.1. The van der Waals surface area contributed by atoms with E-state index in [1.54, 1.807) is 19.1 Å². The zero-order valence-corrected chi connectivity index (χ0v) is 10.4. The summed E-state index contributed by atoms with van der Waals surface area (Å²) in [6, 6.07) is 4.61. The Balaban J connectivity index is 2.41. The molecule has 0 radical (unpaired) electrons. The predicted octanol–water partition coefficient (Wildman–Crippen LogP) is 1.52. The van der Waals surface area contributed by atoms with Crippen LogP contribution >= 0.6 is 15.9 Å². The van der Waals surface area contributed by atoms with Crippen molar-refractivity contribution in [2.45, 2.75) is 12.5 Å². The van der Waals surface area contributed by atoms with Crippen LogP contribution in [0.15, 0.2) is 22.7 Å². The van der Waals surface area contributed by atoms with E-state index in [2.05, 4.69) is 26.6 Å². The summed E-state index contributed by atoms with van der Waals surface area (Å²) >= 11 is 3.12. The number of carbonyl (C=O) groups excluding carboxylic acids is 1. The van der Waals surface area contributed by atoms with Crippen molar-refractivity contribution in [3.05, 3.63) is 34.1 Å². The highest BCUT2D eigenvalue weighted by molar-refractivity contribution is 9.10. The van der Waals surface area contributed by atoms with Gasteiger partial charge >= 0.3 is 0 Å². The Labute approximate surface area is 102 Å². The molecule has 0 aliphatic carbocycles. The number of halogens is 2. The molecular formula is C11H12BrFN2O. The quantitative estimate of drug-likeness (QED) is 0.822. The Kier molecular flexibility index (Phi) is 2.99. The van der Waals surface area contributed by atoms with E-state index in [0.29, 0.717) is 17.6 Å². The number of nitrogens with one attached hydrogen (secondary N) is 2. The zero-order chi connectivity index (χ0) is 11.8. The molecule has 2 N–H and O–H groups in total. The van der Waals surface area contributed by atoms with Crippen LogP contribution in [0.4, 0.5) is 4.39 Å². The molecule has 1 unspecified atom stereocenters. The molecule has 2 rings (SSSR count). The van der Waals surface area contributed by atoms with Crippen molar-refractivity contribution >= 4 is 21.8 Å². The number of piperazine rings is 1. The van der Waals surface area contributed by atoms with Crippen molar-refractivity contribution in [3.63, 3.8) is 0 Å². The summed E-state index contributed by atoms with van der Waals surface area (Å²) in [4.78, 5) is 11.8. The fraction of sp³-hybridized carbons (Fsp3) is 0.364. The monoisotopic (exact) mass is 286 g/mol. The van der Waals surface area contributed by atoms with Crippen LogP contribution in [-0.2, 0) is 10.3 Å². The van der Waals surface area contributed by atoms with E-state index in [1.807, 2.05) is 0 Å². The first-order valence-electron chi connectivity index (χ1n) is 5.03. The van der Waals surface area contributed by atoms with Crippen LogP contribution < -0.4 is 10.6 Å². The van der Waals surface area contributed by atoms with Crippen LogP contribution in [0.1, 0.15) is 12.5 Å². The average molecular weight is 287 g/mol. The lowest BCUT2D eigenvalue weighted by Crippen LogP contribution is -2.59. The molecule has 5 heteroatoms. The topological polar surface area (TPSA) is 41.1 Å². The van der Waals surface area contributed by atoms with Crippen LogP contribution in [0.25, 0.3) is 0 Å². The van der Waals surface area contributed by atoms with E-state index in [-0.39, 0.29) is 11.7 Å². The average Bonchev–Trinajstić information content (AvgIpc) is 2.26. The molecule has 1 heterocycles. The molecule has 1 aromatic carbocycles. The summed E-state index contributed by atoms with van der Waals surface area (Å²) in [5.74, 6) is -0.416. The normalized spacial score (nSPS) is 25.3. The van der Waals surface area contributed by atoms with Gasteiger partial charge in [-0.1, -0.05) is 6.07 Å². The Hall–Kier alpha value is -0.940.